The van der Waals surface area contributed by atoms with Crippen molar-refractivity contribution in [1.82, 2.24) is 4.98 Å². The minimum atomic E-state index is -0.643. The van der Waals surface area contributed by atoms with Gasteiger partial charge in [-0.3, -0.25) is 4.79 Å². The zero-order valence-corrected chi connectivity index (χ0v) is 15.6. The lowest BCUT2D eigenvalue weighted by atomic mass is 10.0. The maximum absolute atomic E-state index is 12.5. The molecule has 0 amide bonds. The van der Waals surface area contributed by atoms with Gasteiger partial charge >= 0.3 is 5.97 Å². The maximum atomic E-state index is 12.5. The average molecular weight is 358 g/mol. The molecule has 2 aromatic rings. The van der Waals surface area contributed by atoms with Crippen LogP contribution in [0, 0.1) is 0 Å². The number of hydrogen-bond acceptors (Lipinski definition) is 6. The third kappa shape index (κ3) is 5.06. The van der Waals surface area contributed by atoms with Gasteiger partial charge in [-0.05, 0) is 50.8 Å². The first-order chi connectivity index (χ1) is 11.7. The van der Waals surface area contributed by atoms with Gasteiger partial charge in [-0.2, -0.15) is 0 Å². The van der Waals surface area contributed by atoms with Gasteiger partial charge in [0.25, 0.3) is 0 Å². The number of ether oxygens (including phenoxy) is 1. The molecule has 0 spiro atoms. The highest BCUT2D eigenvalue weighted by molar-refractivity contribution is 7.98. The summed E-state index contributed by atoms with van der Waals surface area (Å²) < 4.78 is 5.31. The number of pyridine rings is 1. The van der Waals surface area contributed by atoms with Gasteiger partial charge in [0.1, 0.15) is 5.60 Å². The number of thioether (sulfide) groups is 1. The molecule has 1 aromatic heterocycles. The van der Waals surface area contributed by atoms with E-state index in [4.69, 9.17) is 10.5 Å². The Hall–Kier alpha value is -2.34. The van der Waals surface area contributed by atoms with Crippen LogP contribution in [-0.2, 0) is 11.2 Å². The Bertz CT molecular complexity index is 780. The van der Waals surface area contributed by atoms with E-state index in [1.165, 1.54) is 6.20 Å². The highest BCUT2D eigenvalue weighted by Crippen LogP contribution is 2.21. The van der Waals surface area contributed by atoms with Crippen molar-refractivity contribution < 1.29 is 14.3 Å². The molecule has 0 aliphatic heterocycles. The molecular weight excluding hydrogens is 336 g/mol. The van der Waals surface area contributed by atoms with Crippen molar-refractivity contribution in [3.63, 3.8) is 0 Å². The summed E-state index contributed by atoms with van der Waals surface area (Å²) in [6, 6.07) is 9.04. The SMILES string of the molecule is CSc1ccc(C(=O)Cc2ccnc(C(=O)OC(C)(C)C)c2N)cc1. The quantitative estimate of drug-likeness (QED) is 0.498. The molecule has 132 valence electrons. The van der Waals surface area contributed by atoms with Gasteiger partial charge in [-0.15, -0.1) is 11.8 Å². The predicted octanol–water partition coefficient (Wildman–Crippen LogP) is 3.77. The Kier molecular flexibility index (Phi) is 5.85. The van der Waals surface area contributed by atoms with Crippen molar-refractivity contribution in [3.8, 4) is 0 Å². The third-order valence-corrected chi connectivity index (χ3v) is 4.18. The van der Waals surface area contributed by atoms with Crippen LogP contribution >= 0.6 is 11.8 Å². The Balaban J connectivity index is 2.21. The molecule has 0 saturated carbocycles. The number of Topliss-reactive ketones (excluding diaryl/α,β-unsaturated/α-hetero) is 1. The molecule has 2 rings (SSSR count). The van der Waals surface area contributed by atoms with E-state index in [0.717, 1.165) is 4.90 Å². The Labute approximate surface area is 152 Å². The fraction of sp³-hybridized carbons (Fsp3) is 0.316. The summed E-state index contributed by atoms with van der Waals surface area (Å²) >= 11 is 1.61. The van der Waals surface area contributed by atoms with Crippen molar-refractivity contribution in [2.75, 3.05) is 12.0 Å². The summed E-state index contributed by atoms with van der Waals surface area (Å²) in [7, 11) is 0. The number of nitrogens with zero attached hydrogens (tertiary/aromatic N) is 1. The number of carbonyl (C=O) groups excluding carboxylic acids is 2. The minimum absolute atomic E-state index is 0.0398. The van der Waals surface area contributed by atoms with E-state index >= 15 is 0 Å². The fourth-order valence-corrected chi connectivity index (χ4v) is 2.62. The second-order valence-electron chi connectivity index (χ2n) is 6.56. The van der Waals surface area contributed by atoms with E-state index in [0.29, 0.717) is 11.1 Å². The van der Waals surface area contributed by atoms with Crippen molar-refractivity contribution in [3.05, 3.63) is 53.3 Å². The zero-order valence-electron chi connectivity index (χ0n) is 14.8. The van der Waals surface area contributed by atoms with Gasteiger partial charge < -0.3 is 10.5 Å². The lowest BCUT2D eigenvalue weighted by molar-refractivity contribution is 0.00639. The molecule has 25 heavy (non-hydrogen) atoms. The molecule has 1 heterocycles. The fourth-order valence-electron chi connectivity index (χ4n) is 2.21. The summed E-state index contributed by atoms with van der Waals surface area (Å²) in [6.07, 6.45) is 3.55. The van der Waals surface area contributed by atoms with Crippen LogP contribution in [0.3, 0.4) is 0 Å². The number of hydrogen-bond donors (Lipinski definition) is 1. The maximum Gasteiger partial charge on any atom is 0.359 e. The number of nitrogen functional groups attached to an aromatic ring is 1. The topological polar surface area (TPSA) is 82.3 Å². The van der Waals surface area contributed by atoms with Crippen molar-refractivity contribution in [2.45, 2.75) is 37.7 Å². The number of carbonyl (C=O) groups is 2. The Morgan fingerprint density at radius 2 is 1.80 bits per heavy atom. The number of nitrogens with two attached hydrogens (primary N) is 1. The summed E-state index contributed by atoms with van der Waals surface area (Å²) in [6.45, 7) is 5.31. The van der Waals surface area contributed by atoms with Crippen LogP contribution in [0.15, 0.2) is 41.4 Å². The lowest BCUT2D eigenvalue weighted by Gasteiger charge is -2.20. The van der Waals surface area contributed by atoms with E-state index in [1.807, 2.05) is 18.4 Å². The predicted molar refractivity (Wildman–Crippen MR) is 100 cm³/mol. The summed E-state index contributed by atoms with van der Waals surface area (Å²) in [5, 5.41) is 0. The number of ketones is 1. The molecule has 2 N–H and O–H groups in total. The summed E-state index contributed by atoms with van der Waals surface area (Å²) in [5.74, 6) is -0.663. The smallest absolute Gasteiger partial charge is 0.359 e. The average Bonchev–Trinajstić information content (AvgIpc) is 2.55. The number of benzene rings is 1. The number of esters is 1. The highest BCUT2D eigenvalue weighted by Gasteiger charge is 2.22. The van der Waals surface area contributed by atoms with Crippen LogP contribution in [0.1, 0.15) is 47.2 Å². The molecule has 1 aromatic carbocycles. The normalized spacial score (nSPS) is 11.2. The van der Waals surface area contributed by atoms with Gasteiger partial charge in [-0.1, -0.05) is 12.1 Å². The molecule has 0 bridgehead atoms. The highest BCUT2D eigenvalue weighted by atomic mass is 32.2. The second kappa shape index (κ2) is 7.70. The van der Waals surface area contributed by atoms with E-state index in [2.05, 4.69) is 4.98 Å². The van der Waals surface area contributed by atoms with E-state index in [-0.39, 0.29) is 23.6 Å². The van der Waals surface area contributed by atoms with Crippen molar-refractivity contribution >= 4 is 29.2 Å². The molecule has 5 nitrogen and oxygen atoms in total. The summed E-state index contributed by atoms with van der Waals surface area (Å²) in [5.41, 5.74) is 6.81. The molecular formula is C19H22N2O3S. The number of aromatic nitrogens is 1. The van der Waals surface area contributed by atoms with E-state index in [1.54, 1.807) is 50.7 Å². The molecule has 0 aliphatic rings. The first kappa shape index (κ1) is 19.0. The monoisotopic (exact) mass is 358 g/mol. The molecule has 0 saturated heterocycles. The second-order valence-corrected chi connectivity index (χ2v) is 7.44. The largest absolute Gasteiger partial charge is 0.455 e. The molecule has 0 unspecified atom stereocenters. The zero-order chi connectivity index (χ0) is 18.6. The molecule has 0 atom stereocenters. The number of anilines is 1. The third-order valence-electron chi connectivity index (χ3n) is 3.44. The van der Waals surface area contributed by atoms with E-state index < -0.39 is 11.6 Å². The van der Waals surface area contributed by atoms with Crippen LogP contribution in [0.2, 0.25) is 0 Å². The van der Waals surface area contributed by atoms with Gasteiger partial charge in [0.05, 0.1) is 5.69 Å². The van der Waals surface area contributed by atoms with Crippen molar-refractivity contribution in [2.24, 2.45) is 0 Å². The van der Waals surface area contributed by atoms with Crippen LogP contribution in [0.25, 0.3) is 0 Å². The molecule has 0 fully saturated rings. The van der Waals surface area contributed by atoms with E-state index in [9.17, 15) is 9.59 Å². The van der Waals surface area contributed by atoms with Crippen LogP contribution in [0.4, 0.5) is 5.69 Å². The van der Waals surface area contributed by atoms with Crippen molar-refractivity contribution in [1.29, 1.82) is 0 Å². The van der Waals surface area contributed by atoms with Crippen LogP contribution < -0.4 is 5.73 Å². The first-order valence-electron chi connectivity index (χ1n) is 7.85. The molecule has 0 radical (unpaired) electrons. The first-order valence-corrected chi connectivity index (χ1v) is 9.07. The molecule has 6 heteroatoms. The Morgan fingerprint density at radius 3 is 2.36 bits per heavy atom. The van der Waals surface area contributed by atoms with Gasteiger partial charge in [0.15, 0.2) is 11.5 Å². The Morgan fingerprint density at radius 1 is 1.16 bits per heavy atom. The minimum Gasteiger partial charge on any atom is -0.455 e. The number of rotatable bonds is 5. The lowest BCUT2D eigenvalue weighted by Crippen LogP contribution is -2.25. The summed E-state index contributed by atoms with van der Waals surface area (Å²) in [4.78, 5) is 29.8. The van der Waals surface area contributed by atoms with Crippen LogP contribution in [-0.4, -0.2) is 28.6 Å². The van der Waals surface area contributed by atoms with Gasteiger partial charge in [-0.25, -0.2) is 9.78 Å². The van der Waals surface area contributed by atoms with Gasteiger partial charge in [0.2, 0.25) is 0 Å². The van der Waals surface area contributed by atoms with Crippen LogP contribution in [0.5, 0.6) is 0 Å². The van der Waals surface area contributed by atoms with Gasteiger partial charge in [0, 0.05) is 23.1 Å². The molecule has 0 aliphatic carbocycles. The standard InChI is InChI=1S/C19H22N2O3S/c1-19(2,3)24-18(23)17-16(20)13(9-10-21-17)11-15(22)12-5-7-14(25-4)8-6-12/h5-10H,11,20H2,1-4H3.